The molecule has 122 valence electrons. The van der Waals surface area contributed by atoms with E-state index in [0.29, 0.717) is 6.61 Å². The van der Waals surface area contributed by atoms with E-state index < -0.39 is 12.0 Å². The van der Waals surface area contributed by atoms with Gasteiger partial charge in [0, 0.05) is 12.5 Å². The van der Waals surface area contributed by atoms with Gasteiger partial charge in [0.2, 0.25) is 0 Å². The molecule has 1 saturated heterocycles. The van der Waals surface area contributed by atoms with Crippen LogP contribution in [-0.2, 0) is 14.3 Å². The van der Waals surface area contributed by atoms with Gasteiger partial charge >= 0.3 is 5.97 Å². The van der Waals surface area contributed by atoms with E-state index in [1.807, 2.05) is 37.3 Å². The minimum Gasteiger partial charge on any atom is -0.486 e. The number of cyclic esters (lactones) is 1. The fourth-order valence-electron chi connectivity index (χ4n) is 2.68. The lowest BCUT2D eigenvalue weighted by Crippen LogP contribution is -2.46. The summed E-state index contributed by atoms with van der Waals surface area (Å²) in [5.41, 5.74) is 5.76. The SMILES string of the molecule is CC[C@H]1CCOC[C@H](N)C(=O)O[C@@H](C)[C@@H]1Oc1ccccc1. The van der Waals surface area contributed by atoms with E-state index in [4.69, 9.17) is 19.9 Å². The Hall–Kier alpha value is -1.59. The van der Waals surface area contributed by atoms with Gasteiger partial charge in [-0.05, 0) is 31.9 Å². The lowest BCUT2D eigenvalue weighted by Gasteiger charge is -2.33. The van der Waals surface area contributed by atoms with Crippen molar-refractivity contribution in [3.8, 4) is 5.75 Å². The number of ether oxygens (including phenoxy) is 3. The monoisotopic (exact) mass is 307 g/mol. The minimum absolute atomic E-state index is 0.201. The van der Waals surface area contributed by atoms with E-state index in [-0.39, 0.29) is 24.7 Å². The third-order valence-electron chi connectivity index (χ3n) is 4.00. The summed E-state index contributed by atoms with van der Waals surface area (Å²) in [6.07, 6.45) is 1.20. The Morgan fingerprint density at radius 3 is 2.73 bits per heavy atom. The summed E-state index contributed by atoms with van der Waals surface area (Å²) in [5, 5.41) is 0. The molecule has 1 aromatic rings. The van der Waals surface area contributed by atoms with Gasteiger partial charge in [-0.1, -0.05) is 25.1 Å². The van der Waals surface area contributed by atoms with Crippen LogP contribution in [0.5, 0.6) is 5.75 Å². The molecule has 1 aromatic carbocycles. The first kappa shape index (κ1) is 16.8. The summed E-state index contributed by atoms with van der Waals surface area (Å²) in [6.45, 7) is 4.74. The van der Waals surface area contributed by atoms with Crippen molar-refractivity contribution in [2.45, 2.75) is 44.9 Å². The number of esters is 1. The van der Waals surface area contributed by atoms with E-state index in [1.54, 1.807) is 0 Å². The molecular weight excluding hydrogens is 282 g/mol. The largest absolute Gasteiger partial charge is 0.486 e. The first-order valence-corrected chi connectivity index (χ1v) is 7.87. The van der Waals surface area contributed by atoms with Gasteiger partial charge in [0.15, 0.2) is 0 Å². The van der Waals surface area contributed by atoms with Crippen LogP contribution in [0.1, 0.15) is 26.7 Å². The predicted octanol–water partition coefficient (Wildman–Crippen LogP) is 2.14. The lowest BCUT2D eigenvalue weighted by atomic mass is 9.92. The quantitative estimate of drug-likeness (QED) is 0.866. The number of hydrogen-bond donors (Lipinski definition) is 1. The molecule has 2 rings (SSSR count). The second kappa shape index (κ2) is 8.15. The Morgan fingerprint density at radius 1 is 1.32 bits per heavy atom. The number of carbonyl (C=O) groups is 1. The molecular formula is C17H25NO4. The number of hydrogen-bond acceptors (Lipinski definition) is 5. The normalized spacial score (nSPS) is 30.4. The average Bonchev–Trinajstić information content (AvgIpc) is 2.53. The molecule has 0 aromatic heterocycles. The molecule has 1 aliphatic heterocycles. The van der Waals surface area contributed by atoms with E-state index in [2.05, 4.69) is 6.92 Å². The summed E-state index contributed by atoms with van der Waals surface area (Å²) in [6, 6.07) is 8.86. The number of para-hydroxylation sites is 1. The molecule has 1 fully saturated rings. The fraction of sp³-hybridized carbons (Fsp3) is 0.588. The molecule has 0 amide bonds. The minimum atomic E-state index is -0.738. The van der Waals surface area contributed by atoms with Crippen LogP contribution >= 0.6 is 0 Å². The zero-order valence-corrected chi connectivity index (χ0v) is 13.2. The van der Waals surface area contributed by atoms with Crippen molar-refractivity contribution < 1.29 is 19.0 Å². The van der Waals surface area contributed by atoms with Gasteiger partial charge in [-0.25, -0.2) is 0 Å². The van der Waals surface area contributed by atoms with Crippen LogP contribution in [0.2, 0.25) is 0 Å². The summed E-state index contributed by atoms with van der Waals surface area (Å²) in [5.74, 6) is 0.583. The molecule has 1 heterocycles. The first-order valence-electron chi connectivity index (χ1n) is 7.87. The van der Waals surface area contributed by atoms with Crippen LogP contribution in [0, 0.1) is 5.92 Å². The van der Waals surface area contributed by atoms with Crippen molar-refractivity contribution in [3.63, 3.8) is 0 Å². The molecule has 0 unspecified atom stereocenters. The highest BCUT2D eigenvalue weighted by molar-refractivity contribution is 5.75. The van der Waals surface area contributed by atoms with Crippen LogP contribution in [0.3, 0.4) is 0 Å². The van der Waals surface area contributed by atoms with Crippen molar-refractivity contribution in [2.24, 2.45) is 11.7 Å². The Balaban J connectivity index is 2.16. The van der Waals surface area contributed by atoms with E-state index in [9.17, 15) is 4.79 Å². The average molecular weight is 307 g/mol. The highest BCUT2D eigenvalue weighted by atomic mass is 16.6. The van der Waals surface area contributed by atoms with Gasteiger partial charge in [-0.2, -0.15) is 0 Å². The van der Waals surface area contributed by atoms with Crippen LogP contribution in [0.4, 0.5) is 0 Å². The third-order valence-corrected chi connectivity index (χ3v) is 4.00. The van der Waals surface area contributed by atoms with Crippen molar-refractivity contribution in [1.29, 1.82) is 0 Å². The standard InChI is InChI=1S/C17H25NO4/c1-3-13-9-10-20-11-15(18)17(19)21-12(2)16(13)22-14-7-5-4-6-8-14/h4-8,12-13,15-16H,3,9-11,18H2,1-2H3/t12-,13-,15-,16-/m0/s1. The molecule has 0 bridgehead atoms. The highest BCUT2D eigenvalue weighted by Gasteiger charge is 2.32. The molecule has 5 heteroatoms. The molecule has 1 aliphatic rings. The number of carbonyl (C=O) groups excluding carboxylic acids is 1. The molecule has 0 spiro atoms. The zero-order chi connectivity index (χ0) is 15.9. The Morgan fingerprint density at radius 2 is 2.05 bits per heavy atom. The fourth-order valence-corrected chi connectivity index (χ4v) is 2.68. The Bertz CT molecular complexity index is 465. The first-order chi connectivity index (χ1) is 10.6. The van der Waals surface area contributed by atoms with Crippen molar-refractivity contribution in [2.75, 3.05) is 13.2 Å². The lowest BCUT2D eigenvalue weighted by molar-refractivity contribution is -0.159. The maximum absolute atomic E-state index is 12.0. The van der Waals surface area contributed by atoms with Crippen molar-refractivity contribution in [3.05, 3.63) is 30.3 Å². The van der Waals surface area contributed by atoms with Gasteiger partial charge in [0.05, 0.1) is 6.61 Å². The van der Waals surface area contributed by atoms with Crippen molar-refractivity contribution in [1.82, 2.24) is 0 Å². The number of rotatable bonds is 3. The zero-order valence-electron chi connectivity index (χ0n) is 13.2. The molecule has 0 saturated carbocycles. The smallest absolute Gasteiger partial charge is 0.325 e. The topological polar surface area (TPSA) is 70.8 Å². The van der Waals surface area contributed by atoms with E-state index in [0.717, 1.165) is 18.6 Å². The van der Waals surface area contributed by atoms with Crippen molar-refractivity contribution >= 4 is 5.97 Å². The molecule has 22 heavy (non-hydrogen) atoms. The van der Waals surface area contributed by atoms with Gasteiger partial charge in [0.1, 0.15) is 24.0 Å². The molecule has 2 N–H and O–H groups in total. The van der Waals surface area contributed by atoms with E-state index >= 15 is 0 Å². The number of nitrogens with two attached hydrogens (primary N) is 1. The van der Waals surface area contributed by atoms with Gasteiger partial charge in [-0.15, -0.1) is 0 Å². The van der Waals surface area contributed by atoms with Crippen LogP contribution < -0.4 is 10.5 Å². The Kier molecular flexibility index (Phi) is 6.21. The Labute approximate surface area is 131 Å². The second-order valence-electron chi connectivity index (χ2n) is 5.68. The second-order valence-corrected chi connectivity index (χ2v) is 5.68. The molecule has 0 radical (unpaired) electrons. The van der Waals surface area contributed by atoms with Gasteiger partial charge in [-0.3, -0.25) is 4.79 Å². The van der Waals surface area contributed by atoms with Crippen LogP contribution in [0.15, 0.2) is 30.3 Å². The van der Waals surface area contributed by atoms with Gasteiger partial charge in [0.25, 0.3) is 0 Å². The summed E-state index contributed by atoms with van der Waals surface area (Å²) in [7, 11) is 0. The highest BCUT2D eigenvalue weighted by Crippen LogP contribution is 2.25. The summed E-state index contributed by atoms with van der Waals surface area (Å²) < 4.78 is 17.1. The van der Waals surface area contributed by atoms with Gasteiger partial charge < -0.3 is 19.9 Å². The molecule has 4 atom stereocenters. The molecule has 5 nitrogen and oxygen atoms in total. The summed E-state index contributed by atoms with van der Waals surface area (Å²) in [4.78, 5) is 12.0. The predicted molar refractivity (Wildman–Crippen MR) is 83.6 cm³/mol. The number of benzene rings is 1. The maximum atomic E-state index is 12.0. The van der Waals surface area contributed by atoms with E-state index in [1.165, 1.54) is 0 Å². The summed E-state index contributed by atoms with van der Waals surface area (Å²) >= 11 is 0. The third kappa shape index (κ3) is 4.45. The molecule has 0 aliphatic carbocycles. The maximum Gasteiger partial charge on any atom is 0.325 e. The van der Waals surface area contributed by atoms with Crippen LogP contribution in [-0.4, -0.2) is 37.4 Å². The van der Waals surface area contributed by atoms with Crippen LogP contribution in [0.25, 0.3) is 0 Å².